The van der Waals surface area contributed by atoms with E-state index in [-0.39, 0.29) is 36.7 Å². The van der Waals surface area contributed by atoms with E-state index in [0.717, 1.165) is 15.0 Å². The van der Waals surface area contributed by atoms with Crippen molar-refractivity contribution in [1.82, 2.24) is 31.0 Å². The van der Waals surface area contributed by atoms with Crippen LogP contribution in [0.1, 0.15) is 17.3 Å². The third-order valence-corrected chi connectivity index (χ3v) is 9.26. The van der Waals surface area contributed by atoms with E-state index in [4.69, 9.17) is 13.3 Å². The van der Waals surface area contributed by atoms with Crippen molar-refractivity contribution < 1.29 is 56.8 Å². The number of nitro groups is 3. The quantitative estimate of drug-likeness (QED) is 0.0612. The molecule has 3 aliphatic rings. The van der Waals surface area contributed by atoms with Crippen LogP contribution in [0.3, 0.4) is 0 Å². The monoisotopic (exact) mass is 942 g/mol. The zero-order chi connectivity index (χ0) is 49.2. The maximum atomic E-state index is 11.3. The van der Waals surface area contributed by atoms with Gasteiger partial charge in [-0.1, -0.05) is 0 Å². The second kappa shape index (κ2) is 20.6. The maximum Gasteiger partial charge on any atom is 0.344 e. The minimum atomic E-state index is -0.589. The van der Waals surface area contributed by atoms with Crippen LogP contribution in [0, 0.1) is 30.3 Å². The number of non-ortho nitro benzene ring substituents is 3. The topological polar surface area (TPSA) is 354 Å². The van der Waals surface area contributed by atoms with Gasteiger partial charge in [-0.05, 0) is 72.8 Å². The Morgan fingerprint density at radius 3 is 0.855 bits per heavy atom. The van der Waals surface area contributed by atoms with Crippen molar-refractivity contribution >= 4 is 71.5 Å². The number of carbonyl (C=O) groups is 6. The van der Waals surface area contributed by atoms with Crippen molar-refractivity contribution in [3.05, 3.63) is 157 Å². The number of nitrogens with one attached hydrogen (secondary N) is 3. The van der Waals surface area contributed by atoms with Crippen LogP contribution in [-0.2, 0) is 14.4 Å². The zero-order valence-corrected chi connectivity index (χ0v) is 34.9. The van der Waals surface area contributed by atoms with E-state index in [1.807, 2.05) is 0 Å². The van der Waals surface area contributed by atoms with Crippen LogP contribution in [0.15, 0.2) is 138 Å². The lowest BCUT2D eigenvalue weighted by atomic mass is 10.1. The van der Waals surface area contributed by atoms with E-state index in [0.29, 0.717) is 51.3 Å². The van der Waals surface area contributed by atoms with Gasteiger partial charge in [0.15, 0.2) is 0 Å². The number of nitrogens with zero attached hydrogens (tertiary/aromatic N) is 9. The van der Waals surface area contributed by atoms with Crippen molar-refractivity contribution in [3.63, 3.8) is 0 Å². The van der Waals surface area contributed by atoms with Gasteiger partial charge in [0.2, 0.25) is 17.7 Å². The van der Waals surface area contributed by atoms with E-state index in [2.05, 4.69) is 31.3 Å². The summed E-state index contributed by atoms with van der Waals surface area (Å²) >= 11 is 0. The average molecular weight is 943 g/mol. The molecule has 3 aliphatic heterocycles. The summed E-state index contributed by atoms with van der Waals surface area (Å²) in [5, 5.41) is 52.7. The molecule has 0 atom stereocenters. The summed E-state index contributed by atoms with van der Waals surface area (Å²) in [6.45, 7) is -0.401. The lowest BCUT2D eigenvalue weighted by molar-refractivity contribution is -0.385. The highest BCUT2D eigenvalue weighted by molar-refractivity contribution is 6.03. The molecule has 9 amide bonds. The van der Waals surface area contributed by atoms with E-state index in [9.17, 15) is 59.1 Å². The first-order valence-electron chi connectivity index (χ1n) is 19.6. The van der Waals surface area contributed by atoms with Gasteiger partial charge in [0.1, 0.15) is 54.2 Å². The number of amides is 9. The van der Waals surface area contributed by atoms with Crippen LogP contribution in [0.4, 0.5) is 31.4 Å². The molecule has 69 heavy (non-hydrogen) atoms. The molecular weight excluding hydrogens is 913 g/mol. The Balaban J connectivity index is 0.000000153. The van der Waals surface area contributed by atoms with Crippen molar-refractivity contribution in [3.8, 4) is 34.0 Å². The van der Waals surface area contributed by atoms with Gasteiger partial charge in [-0.3, -0.25) is 60.7 Å². The molecule has 0 aliphatic carbocycles. The molecule has 27 nitrogen and oxygen atoms in total. The molecule has 0 spiro atoms. The third kappa shape index (κ3) is 12.0. The smallest absolute Gasteiger partial charge is 0.344 e. The molecule has 6 heterocycles. The highest BCUT2D eigenvalue weighted by atomic mass is 16.6. The van der Waals surface area contributed by atoms with Gasteiger partial charge in [0.25, 0.3) is 17.1 Å². The minimum absolute atomic E-state index is 0.00759. The van der Waals surface area contributed by atoms with Gasteiger partial charge in [-0.15, -0.1) is 0 Å². The van der Waals surface area contributed by atoms with Crippen molar-refractivity contribution in [2.45, 2.75) is 0 Å². The largest absolute Gasteiger partial charge is 0.455 e. The maximum absolute atomic E-state index is 11.3. The fourth-order valence-electron chi connectivity index (χ4n) is 5.93. The molecule has 9 rings (SSSR count). The summed E-state index contributed by atoms with van der Waals surface area (Å²) in [5.41, 5.74) is 1.99. The Hall–Kier alpha value is -10.5. The first-order chi connectivity index (χ1) is 33.1. The van der Waals surface area contributed by atoms with Gasteiger partial charge in [0.05, 0.1) is 33.4 Å². The standard InChI is InChI=1S/3C14H10N4O5/c3*19-13-8-17(14(20)16-13)15-7-11-5-6-12(23-11)9-1-3-10(4-2-9)18(21)22/h3*1-7H,8H2,(H,16,19,20)/b3*15-7+. The van der Waals surface area contributed by atoms with Crippen LogP contribution in [-0.4, -0.2) is 104 Å². The highest BCUT2D eigenvalue weighted by Gasteiger charge is 2.28. The van der Waals surface area contributed by atoms with Crippen LogP contribution in [0.5, 0.6) is 0 Å². The molecule has 3 N–H and O–H groups in total. The Labute approximate surface area is 384 Å². The number of hydrogen-bond acceptors (Lipinski definition) is 18. The molecule has 27 heteroatoms. The zero-order valence-electron chi connectivity index (χ0n) is 34.9. The summed E-state index contributed by atoms with van der Waals surface area (Å²) in [5.74, 6) is 1.39. The molecule has 3 aromatic heterocycles. The summed E-state index contributed by atoms with van der Waals surface area (Å²) < 4.78 is 16.6. The predicted octanol–water partition coefficient (Wildman–Crippen LogP) is 5.22. The molecule has 0 saturated carbocycles. The molecule has 3 fully saturated rings. The molecule has 6 aromatic rings. The van der Waals surface area contributed by atoms with E-state index < -0.39 is 50.6 Å². The van der Waals surface area contributed by atoms with Crippen LogP contribution in [0.25, 0.3) is 34.0 Å². The average Bonchev–Trinajstić information content (AvgIpc) is 4.21. The van der Waals surface area contributed by atoms with Gasteiger partial charge < -0.3 is 13.3 Å². The summed E-state index contributed by atoms with van der Waals surface area (Å²) in [6, 6.07) is 25.9. The Bertz CT molecular complexity index is 2750. The molecule has 0 unspecified atom stereocenters. The fourth-order valence-corrected chi connectivity index (χ4v) is 5.93. The normalized spacial score (nSPS) is 14.5. The molecule has 348 valence electrons. The Morgan fingerprint density at radius 1 is 0.406 bits per heavy atom. The van der Waals surface area contributed by atoms with Gasteiger partial charge in [0, 0.05) is 53.1 Å². The van der Waals surface area contributed by atoms with E-state index in [1.165, 1.54) is 55.0 Å². The van der Waals surface area contributed by atoms with Crippen LogP contribution < -0.4 is 16.0 Å². The number of carbonyl (C=O) groups excluding carboxylic acids is 6. The Kier molecular flexibility index (Phi) is 13.9. The van der Waals surface area contributed by atoms with Crippen LogP contribution >= 0.6 is 0 Å². The summed E-state index contributed by atoms with van der Waals surface area (Å²) in [4.78, 5) is 97.4. The number of benzene rings is 3. The number of furan rings is 3. The lowest BCUT2D eigenvalue weighted by Gasteiger charge is -2.02. The minimum Gasteiger partial charge on any atom is -0.455 e. The summed E-state index contributed by atoms with van der Waals surface area (Å²) in [7, 11) is 0. The van der Waals surface area contributed by atoms with Crippen molar-refractivity contribution in [1.29, 1.82) is 0 Å². The SMILES string of the molecule is O=C1CN(/N=C/c2ccc(-c3ccc([N+](=O)[O-])cc3)o2)C(=O)N1.O=C1CN(/N=C/c2ccc(-c3ccc([N+](=O)[O-])cc3)o2)C(=O)N1.O=C1CN(/N=C/c2ccc(-c3ccc([N+](=O)[O-])cc3)o2)C(=O)N1. The second-order valence-corrected chi connectivity index (χ2v) is 14.0. The number of nitro benzene ring substituents is 3. The fraction of sp³-hybridized carbons (Fsp3) is 0.0714. The number of hydrazone groups is 3. The third-order valence-electron chi connectivity index (χ3n) is 9.26. The molecular formula is C42H30N12O15. The van der Waals surface area contributed by atoms with E-state index in [1.54, 1.807) is 72.8 Å². The van der Waals surface area contributed by atoms with Crippen LogP contribution in [0.2, 0.25) is 0 Å². The molecule has 3 aromatic carbocycles. The van der Waals surface area contributed by atoms with Gasteiger partial charge in [-0.2, -0.15) is 15.3 Å². The highest BCUT2D eigenvalue weighted by Crippen LogP contribution is 2.27. The molecule has 3 saturated heterocycles. The molecule has 0 bridgehead atoms. The number of imide groups is 3. The molecule has 0 radical (unpaired) electrons. The number of urea groups is 3. The lowest BCUT2D eigenvalue weighted by Crippen LogP contribution is -2.24. The Morgan fingerprint density at radius 2 is 0.652 bits per heavy atom. The predicted molar refractivity (Wildman–Crippen MR) is 236 cm³/mol. The number of rotatable bonds is 12. The van der Waals surface area contributed by atoms with Crippen molar-refractivity contribution in [2.75, 3.05) is 19.6 Å². The second-order valence-electron chi connectivity index (χ2n) is 14.0. The first-order valence-corrected chi connectivity index (χ1v) is 19.6. The number of hydrogen-bond donors (Lipinski definition) is 3. The first kappa shape index (κ1) is 46.5. The van der Waals surface area contributed by atoms with E-state index >= 15 is 0 Å². The van der Waals surface area contributed by atoms with Crippen molar-refractivity contribution in [2.24, 2.45) is 15.3 Å². The summed E-state index contributed by atoms with van der Waals surface area (Å²) in [6.07, 6.45) is 3.94. The van der Waals surface area contributed by atoms with Gasteiger partial charge in [-0.25, -0.2) is 29.4 Å². The van der Waals surface area contributed by atoms with Gasteiger partial charge >= 0.3 is 18.1 Å².